The maximum Gasteiger partial charge on any atom is 0.110 e. The number of benzene rings is 1. The SMILES string of the molecule is Cc1cc(Cl)cc(C(Cc2nccn2C)NN)c1. The van der Waals surface area contributed by atoms with Crippen molar-refractivity contribution >= 4 is 11.6 Å². The summed E-state index contributed by atoms with van der Waals surface area (Å²) in [6.45, 7) is 2.02. The van der Waals surface area contributed by atoms with Crippen molar-refractivity contribution in [3.05, 3.63) is 52.6 Å². The lowest BCUT2D eigenvalue weighted by Gasteiger charge is -2.17. The molecule has 96 valence electrons. The largest absolute Gasteiger partial charge is 0.338 e. The molecule has 2 rings (SSSR count). The molecule has 3 N–H and O–H groups in total. The molecule has 4 nitrogen and oxygen atoms in total. The van der Waals surface area contributed by atoms with Gasteiger partial charge in [0.15, 0.2) is 0 Å². The Morgan fingerprint density at radius 2 is 2.22 bits per heavy atom. The number of nitrogens with two attached hydrogens (primary N) is 1. The lowest BCUT2D eigenvalue weighted by atomic mass is 10.0. The fourth-order valence-electron chi connectivity index (χ4n) is 2.01. The first kappa shape index (κ1) is 13.1. The van der Waals surface area contributed by atoms with Crippen molar-refractivity contribution in [3.63, 3.8) is 0 Å². The Labute approximate surface area is 112 Å². The maximum atomic E-state index is 6.07. The van der Waals surface area contributed by atoms with E-state index in [1.54, 1.807) is 6.20 Å². The fraction of sp³-hybridized carbons (Fsp3) is 0.308. The summed E-state index contributed by atoms with van der Waals surface area (Å²) < 4.78 is 1.99. The van der Waals surface area contributed by atoms with Gasteiger partial charge in [-0.15, -0.1) is 0 Å². The fourth-order valence-corrected chi connectivity index (χ4v) is 2.31. The van der Waals surface area contributed by atoms with Gasteiger partial charge in [-0.3, -0.25) is 11.3 Å². The molecule has 1 aromatic carbocycles. The summed E-state index contributed by atoms with van der Waals surface area (Å²) in [6.07, 6.45) is 4.43. The highest BCUT2D eigenvalue weighted by Crippen LogP contribution is 2.22. The van der Waals surface area contributed by atoms with Gasteiger partial charge in [0.25, 0.3) is 0 Å². The van der Waals surface area contributed by atoms with Crippen LogP contribution >= 0.6 is 11.6 Å². The smallest absolute Gasteiger partial charge is 0.110 e. The highest BCUT2D eigenvalue weighted by atomic mass is 35.5. The third-order valence-electron chi connectivity index (χ3n) is 2.98. The van der Waals surface area contributed by atoms with E-state index in [0.29, 0.717) is 0 Å². The van der Waals surface area contributed by atoms with E-state index in [-0.39, 0.29) is 6.04 Å². The third kappa shape index (κ3) is 2.90. The van der Waals surface area contributed by atoms with E-state index in [1.807, 2.05) is 36.9 Å². The van der Waals surface area contributed by atoms with Gasteiger partial charge in [0, 0.05) is 30.9 Å². The second-order valence-electron chi connectivity index (χ2n) is 4.44. The van der Waals surface area contributed by atoms with Crippen LogP contribution in [0.15, 0.2) is 30.6 Å². The number of hydrogen-bond acceptors (Lipinski definition) is 3. The number of nitrogens with one attached hydrogen (secondary N) is 1. The molecule has 5 heteroatoms. The van der Waals surface area contributed by atoms with Crippen molar-refractivity contribution in [2.45, 2.75) is 19.4 Å². The molecular weight excluding hydrogens is 248 g/mol. The number of hydrogen-bond donors (Lipinski definition) is 2. The van der Waals surface area contributed by atoms with E-state index in [0.717, 1.165) is 28.4 Å². The van der Waals surface area contributed by atoms with Crippen molar-refractivity contribution in [2.24, 2.45) is 12.9 Å². The van der Waals surface area contributed by atoms with Gasteiger partial charge in [-0.25, -0.2) is 4.98 Å². The molecule has 0 amide bonds. The van der Waals surface area contributed by atoms with Crippen LogP contribution in [0.1, 0.15) is 23.0 Å². The summed E-state index contributed by atoms with van der Waals surface area (Å²) in [7, 11) is 1.97. The van der Waals surface area contributed by atoms with Crippen molar-refractivity contribution in [1.29, 1.82) is 0 Å². The van der Waals surface area contributed by atoms with Gasteiger partial charge >= 0.3 is 0 Å². The quantitative estimate of drug-likeness (QED) is 0.657. The minimum Gasteiger partial charge on any atom is -0.338 e. The Hall–Kier alpha value is -1.36. The Balaban J connectivity index is 2.25. The number of hydrazine groups is 1. The van der Waals surface area contributed by atoms with E-state index in [1.165, 1.54) is 0 Å². The monoisotopic (exact) mass is 264 g/mol. The van der Waals surface area contributed by atoms with Crippen LogP contribution in [-0.4, -0.2) is 9.55 Å². The first-order chi connectivity index (χ1) is 8.60. The van der Waals surface area contributed by atoms with Gasteiger partial charge in [0.05, 0.1) is 6.04 Å². The van der Waals surface area contributed by atoms with Crippen LogP contribution in [0.3, 0.4) is 0 Å². The molecule has 0 aliphatic rings. The van der Waals surface area contributed by atoms with Crippen LogP contribution in [0.2, 0.25) is 5.02 Å². The van der Waals surface area contributed by atoms with Crippen LogP contribution in [0.25, 0.3) is 0 Å². The number of aromatic nitrogens is 2. The van der Waals surface area contributed by atoms with Gasteiger partial charge in [-0.05, 0) is 30.2 Å². The molecular formula is C13H17ClN4. The summed E-state index contributed by atoms with van der Waals surface area (Å²) in [6, 6.07) is 5.95. The van der Waals surface area contributed by atoms with Crippen LogP contribution in [-0.2, 0) is 13.5 Å². The molecule has 0 saturated heterocycles. The van der Waals surface area contributed by atoms with E-state index in [4.69, 9.17) is 17.4 Å². The predicted octanol–water partition coefficient (Wildman–Crippen LogP) is 2.13. The van der Waals surface area contributed by atoms with Crippen LogP contribution in [0.5, 0.6) is 0 Å². The van der Waals surface area contributed by atoms with Crippen molar-refractivity contribution in [3.8, 4) is 0 Å². The van der Waals surface area contributed by atoms with Crippen molar-refractivity contribution in [1.82, 2.24) is 15.0 Å². The van der Waals surface area contributed by atoms with Crippen LogP contribution in [0.4, 0.5) is 0 Å². The van der Waals surface area contributed by atoms with Gasteiger partial charge in [-0.1, -0.05) is 17.7 Å². The number of nitrogens with zero attached hydrogens (tertiary/aromatic N) is 2. The number of imidazole rings is 1. The summed E-state index contributed by atoms with van der Waals surface area (Å²) in [5.41, 5.74) is 5.02. The van der Waals surface area contributed by atoms with Crippen LogP contribution in [0, 0.1) is 6.92 Å². The topological polar surface area (TPSA) is 55.9 Å². The molecule has 2 aromatic rings. The molecule has 0 aliphatic carbocycles. The number of aryl methyl sites for hydroxylation is 2. The van der Waals surface area contributed by atoms with Gasteiger partial charge in [0.1, 0.15) is 5.82 Å². The summed E-state index contributed by atoms with van der Waals surface area (Å²) in [5.74, 6) is 6.62. The highest BCUT2D eigenvalue weighted by molar-refractivity contribution is 6.30. The zero-order valence-electron chi connectivity index (χ0n) is 10.5. The summed E-state index contributed by atoms with van der Waals surface area (Å²) in [5, 5.41) is 0.727. The normalized spacial score (nSPS) is 12.7. The van der Waals surface area contributed by atoms with E-state index < -0.39 is 0 Å². The lowest BCUT2D eigenvalue weighted by molar-refractivity contribution is 0.530. The Bertz CT molecular complexity index is 515. The molecule has 18 heavy (non-hydrogen) atoms. The Morgan fingerprint density at radius 3 is 2.78 bits per heavy atom. The zero-order valence-corrected chi connectivity index (χ0v) is 11.3. The molecule has 1 unspecified atom stereocenters. The highest BCUT2D eigenvalue weighted by Gasteiger charge is 2.14. The van der Waals surface area contributed by atoms with Crippen molar-refractivity contribution in [2.75, 3.05) is 0 Å². The van der Waals surface area contributed by atoms with Gasteiger partial charge < -0.3 is 4.57 Å². The summed E-state index contributed by atoms with van der Waals surface area (Å²) >= 11 is 6.07. The van der Waals surface area contributed by atoms with Gasteiger partial charge in [-0.2, -0.15) is 0 Å². The van der Waals surface area contributed by atoms with Gasteiger partial charge in [0.2, 0.25) is 0 Å². The molecule has 0 fully saturated rings. The number of rotatable bonds is 4. The second-order valence-corrected chi connectivity index (χ2v) is 4.88. The van der Waals surface area contributed by atoms with Crippen molar-refractivity contribution < 1.29 is 0 Å². The predicted molar refractivity (Wildman–Crippen MR) is 73.2 cm³/mol. The van der Waals surface area contributed by atoms with E-state index >= 15 is 0 Å². The average molecular weight is 265 g/mol. The summed E-state index contributed by atoms with van der Waals surface area (Å²) in [4.78, 5) is 4.31. The third-order valence-corrected chi connectivity index (χ3v) is 3.19. The maximum absolute atomic E-state index is 6.07. The molecule has 1 heterocycles. The molecule has 1 aromatic heterocycles. The van der Waals surface area contributed by atoms with E-state index in [9.17, 15) is 0 Å². The first-order valence-corrected chi connectivity index (χ1v) is 6.17. The minimum atomic E-state index is 0.00324. The minimum absolute atomic E-state index is 0.00324. The molecule has 0 aliphatic heterocycles. The first-order valence-electron chi connectivity index (χ1n) is 5.79. The Morgan fingerprint density at radius 1 is 1.44 bits per heavy atom. The Kier molecular flexibility index (Phi) is 4.01. The molecule has 0 saturated carbocycles. The van der Waals surface area contributed by atoms with Crippen LogP contribution < -0.4 is 11.3 Å². The average Bonchev–Trinajstić information content (AvgIpc) is 2.70. The lowest BCUT2D eigenvalue weighted by Crippen LogP contribution is -2.30. The molecule has 0 bridgehead atoms. The molecule has 0 spiro atoms. The van der Waals surface area contributed by atoms with E-state index in [2.05, 4.69) is 16.5 Å². The number of halogens is 1. The molecule has 1 atom stereocenters. The standard InChI is InChI=1S/C13H17ClN4/c1-9-5-10(7-11(14)6-9)12(17-15)8-13-16-3-4-18(13)2/h3-7,12,17H,8,15H2,1-2H3. The molecule has 0 radical (unpaired) electrons. The zero-order chi connectivity index (χ0) is 13.1. The second kappa shape index (κ2) is 5.52.